The van der Waals surface area contributed by atoms with Gasteiger partial charge in [0.25, 0.3) is 0 Å². The molecule has 0 aliphatic heterocycles. The van der Waals surface area contributed by atoms with Crippen molar-refractivity contribution in [2.45, 2.75) is 25.2 Å². The van der Waals surface area contributed by atoms with E-state index in [4.69, 9.17) is 10.5 Å². The predicted octanol–water partition coefficient (Wildman–Crippen LogP) is 1.64. The molecule has 0 saturated carbocycles. The van der Waals surface area contributed by atoms with E-state index in [0.717, 1.165) is 0 Å². The molecule has 2 atom stereocenters. The monoisotopic (exact) mass is 155 g/mol. The normalized spacial score (nSPS) is 16.2. The largest absolute Gasteiger partial charge is 0.284 e. The Morgan fingerprint density at radius 3 is 1.70 bits per heavy atom. The zero-order valence-corrected chi connectivity index (χ0v) is 6.80. The summed E-state index contributed by atoms with van der Waals surface area (Å²) in [6, 6.07) is 3.69. The highest BCUT2D eigenvalue weighted by Gasteiger charge is 2.17. The van der Waals surface area contributed by atoms with Gasteiger partial charge in [0.1, 0.15) is 19.1 Å². The second kappa shape index (κ2) is 3.99. The van der Waals surface area contributed by atoms with Gasteiger partial charge in [-0.05, 0) is 13.8 Å². The summed E-state index contributed by atoms with van der Waals surface area (Å²) in [6.45, 7) is 3.12. The van der Waals surface area contributed by atoms with Crippen molar-refractivity contribution >= 4 is 7.80 Å². The van der Waals surface area contributed by atoms with Crippen molar-refractivity contribution in [3.63, 3.8) is 0 Å². The molecule has 0 spiro atoms. The highest BCUT2D eigenvalue weighted by atomic mass is 31.1. The van der Waals surface area contributed by atoms with Crippen LogP contribution in [-0.2, 0) is 4.57 Å². The predicted molar refractivity (Wildman–Crippen MR) is 37.8 cm³/mol. The van der Waals surface area contributed by atoms with Gasteiger partial charge in [0.05, 0.1) is 12.1 Å². The van der Waals surface area contributed by atoms with E-state index < -0.39 is 19.1 Å². The highest BCUT2D eigenvalue weighted by Crippen LogP contribution is 2.32. The van der Waals surface area contributed by atoms with Crippen LogP contribution in [0.15, 0.2) is 0 Å². The first kappa shape index (κ1) is 9.08. The van der Waals surface area contributed by atoms with E-state index in [1.807, 2.05) is 12.1 Å². The van der Waals surface area contributed by atoms with Gasteiger partial charge in [-0.2, -0.15) is 10.5 Å². The third-order valence-corrected chi connectivity index (χ3v) is 2.89. The van der Waals surface area contributed by atoms with E-state index in [0.29, 0.717) is 0 Å². The summed E-state index contributed by atoms with van der Waals surface area (Å²) in [5, 5.41) is 16.6. The molecule has 0 N–H and O–H groups in total. The lowest BCUT2D eigenvalue weighted by molar-refractivity contribution is 0.582. The van der Waals surface area contributed by atoms with Crippen molar-refractivity contribution in [2.75, 3.05) is 0 Å². The lowest BCUT2D eigenvalue weighted by Crippen LogP contribution is -1.99. The molecule has 4 heteroatoms. The molecule has 0 saturated heterocycles. The molecule has 0 aromatic rings. The topological polar surface area (TPSA) is 64.7 Å². The Hall–Kier alpha value is -0.920. The van der Waals surface area contributed by atoms with Crippen LogP contribution in [0.5, 0.6) is 0 Å². The summed E-state index contributed by atoms with van der Waals surface area (Å²) in [5.41, 5.74) is -1.02. The minimum absolute atomic E-state index is 0.510. The summed E-state index contributed by atoms with van der Waals surface area (Å²) in [7, 11) is -1.68. The molecule has 53 valence electrons. The molecular formula is C6H8N2OP. The van der Waals surface area contributed by atoms with Crippen LogP contribution in [0, 0.1) is 22.7 Å². The average Bonchev–Trinajstić information content (AvgIpc) is 2.00. The standard InChI is InChI=1S/C6H8N2OP/c1-5(3-7)10(9)6(2)4-8/h5-6H,1-2H3. The summed E-state index contributed by atoms with van der Waals surface area (Å²) in [4.78, 5) is 0. The Labute approximate surface area is 61.1 Å². The van der Waals surface area contributed by atoms with E-state index in [2.05, 4.69) is 0 Å². The SMILES string of the molecule is CC(C#N)[P](=O)C(C)C#N. The fraction of sp³-hybridized carbons (Fsp3) is 0.667. The number of nitrogens with zero attached hydrogens (tertiary/aromatic N) is 2. The molecular weight excluding hydrogens is 147 g/mol. The summed E-state index contributed by atoms with van der Waals surface area (Å²) < 4.78 is 11.0. The van der Waals surface area contributed by atoms with Gasteiger partial charge >= 0.3 is 0 Å². The van der Waals surface area contributed by atoms with Crippen LogP contribution in [0.3, 0.4) is 0 Å². The van der Waals surface area contributed by atoms with Gasteiger partial charge in [0, 0.05) is 0 Å². The zero-order valence-electron chi connectivity index (χ0n) is 5.90. The third kappa shape index (κ3) is 2.13. The van der Waals surface area contributed by atoms with Crippen LogP contribution < -0.4 is 0 Å². The van der Waals surface area contributed by atoms with Gasteiger partial charge in [0.15, 0.2) is 0 Å². The van der Waals surface area contributed by atoms with Crippen LogP contribution in [0.4, 0.5) is 0 Å². The lowest BCUT2D eigenvalue weighted by atomic mass is 10.5. The van der Waals surface area contributed by atoms with Gasteiger partial charge in [-0.15, -0.1) is 0 Å². The van der Waals surface area contributed by atoms with Crippen molar-refractivity contribution in [3.05, 3.63) is 0 Å². The second-order valence-corrected chi connectivity index (χ2v) is 4.24. The van der Waals surface area contributed by atoms with E-state index in [9.17, 15) is 4.57 Å². The van der Waals surface area contributed by atoms with Gasteiger partial charge in [-0.25, -0.2) is 0 Å². The average molecular weight is 155 g/mol. The van der Waals surface area contributed by atoms with E-state index in [1.165, 1.54) is 0 Å². The Kier molecular flexibility index (Phi) is 3.62. The van der Waals surface area contributed by atoms with Crippen molar-refractivity contribution in [2.24, 2.45) is 0 Å². The Bertz CT molecular complexity index is 191. The fourth-order valence-corrected chi connectivity index (χ4v) is 1.35. The molecule has 0 amide bonds. The number of rotatable bonds is 2. The first-order chi connectivity index (χ1) is 4.63. The lowest BCUT2D eigenvalue weighted by Gasteiger charge is -2.01. The van der Waals surface area contributed by atoms with E-state index in [-0.39, 0.29) is 0 Å². The Morgan fingerprint density at radius 2 is 1.50 bits per heavy atom. The Balaban J connectivity index is 4.15. The maximum atomic E-state index is 11.0. The molecule has 10 heavy (non-hydrogen) atoms. The molecule has 3 nitrogen and oxygen atoms in total. The highest BCUT2D eigenvalue weighted by molar-refractivity contribution is 7.47. The number of nitriles is 2. The summed E-state index contributed by atoms with van der Waals surface area (Å²) in [5.74, 6) is 0. The van der Waals surface area contributed by atoms with Crippen molar-refractivity contribution in [1.82, 2.24) is 0 Å². The Morgan fingerprint density at radius 1 is 1.20 bits per heavy atom. The van der Waals surface area contributed by atoms with Gasteiger partial charge < -0.3 is 0 Å². The molecule has 0 bridgehead atoms. The zero-order chi connectivity index (χ0) is 8.15. The molecule has 0 heterocycles. The van der Waals surface area contributed by atoms with Crippen molar-refractivity contribution in [1.29, 1.82) is 10.5 Å². The maximum absolute atomic E-state index is 11.0. The van der Waals surface area contributed by atoms with Crippen LogP contribution in [-0.4, -0.2) is 11.3 Å². The van der Waals surface area contributed by atoms with Crippen molar-refractivity contribution < 1.29 is 4.57 Å². The molecule has 1 radical (unpaired) electrons. The fourth-order valence-electron chi connectivity index (χ4n) is 0.449. The smallest absolute Gasteiger partial charge is 0.115 e. The van der Waals surface area contributed by atoms with Gasteiger partial charge in [0.2, 0.25) is 0 Å². The molecule has 0 rings (SSSR count). The van der Waals surface area contributed by atoms with Crippen molar-refractivity contribution in [3.8, 4) is 12.1 Å². The van der Waals surface area contributed by atoms with Gasteiger partial charge in [-0.3, -0.25) is 4.57 Å². The molecule has 0 aromatic carbocycles. The first-order valence-electron chi connectivity index (χ1n) is 2.88. The quantitative estimate of drug-likeness (QED) is 0.569. The van der Waals surface area contributed by atoms with Crippen LogP contribution >= 0.6 is 7.80 Å². The molecule has 2 unspecified atom stereocenters. The van der Waals surface area contributed by atoms with E-state index in [1.54, 1.807) is 13.8 Å². The first-order valence-corrected chi connectivity index (χ1v) is 4.28. The maximum Gasteiger partial charge on any atom is 0.115 e. The molecule has 0 aromatic heterocycles. The third-order valence-electron chi connectivity index (χ3n) is 1.14. The molecule has 0 fully saturated rings. The second-order valence-electron chi connectivity index (χ2n) is 1.97. The summed E-state index contributed by atoms with van der Waals surface area (Å²) >= 11 is 0. The molecule has 0 aliphatic rings. The van der Waals surface area contributed by atoms with Crippen LogP contribution in [0.1, 0.15) is 13.8 Å². The number of hydrogen-bond donors (Lipinski definition) is 0. The minimum Gasteiger partial charge on any atom is -0.284 e. The minimum atomic E-state index is -1.68. The van der Waals surface area contributed by atoms with Crippen LogP contribution in [0.2, 0.25) is 0 Å². The molecule has 0 aliphatic carbocycles. The van der Waals surface area contributed by atoms with E-state index >= 15 is 0 Å². The summed E-state index contributed by atoms with van der Waals surface area (Å²) in [6.07, 6.45) is 0. The number of hydrogen-bond acceptors (Lipinski definition) is 3. The van der Waals surface area contributed by atoms with Gasteiger partial charge in [-0.1, -0.05) is 0 Å². The van der Waals surface area contributed by atoms with Crippen LogP contribution in [0.25, 0.3) is 0 Å².